The van der Waals surface area contributed by atoms with E-state index in [-0.39, 0.29) is 17.6 Å². The quantitative estimate of drug-likeness (QED) is 0.825. The van der Waals surface area contributed by atoms with E-state index in [1.807, 2.05) is 32.9 Å². The van der Waals surface area contributed by atoms with Gasteiger partial charge in [-0.2, -0.15) is 0 Å². The highest BCUT2D eigenvalue weighted by Gasteiger charge is 2.32. The molecule has 0 bridgehead atoms. The van der Waals surface area contributed by atoms with Gasteiger partial charge in [0.2, 0.25) is 5.91 Å². The predicted molar refractivity (Wildman–Crippen MR) is 80.6 cm³/mol. The molecule has 1 aliphatic rings. The zero-order valence-corrected chi connectivity index (χ0v) is 12.3. The number of benzene rings is 1. The van der Waals surface area contributed by atoms with Gasteiger partial charge in [-0.05, 0) is 39.0 Å². The summed E-state index contributed by atoms with van der Waals surface area (Å²) in [6, 6.07) is 7.02. The van der Waals surface area contributed by atoms with Crippen molar-refractivity contribution in [2.45, 2.75) is 32.4 Å². The van der Waals surface area contributed by atoms with Crippen molar-refractivity contribution in [3.05, 3.63) is 24.3 Å². The molecule has 1 aromatic rings. The summed E-state index contributed by atoms with van der Waals surface area (Å²) >= 11 is 0. The van der Waals surface area contributed by atoms with Crippen LogP contribution in [0.3, 0.4) is 0 Å². The number of hydrogen-bond acceptors (Lipinski definition) is 4. The van der Waals surface area contributed by atoms with E-state index in [2.05, 4.69) is 10.2 Å². The maximum Gasteiger partial charge on any atom is 0.241 e. The SMILES string of the molecule is CC(C(=O)Nc1cccc(N)c1)N1CCOC(C)(C)C1. The Kier molecular flexibility index (Phi) is 4.30. The summed E-state index contributed by atoms with van der Waals surface area (Å²) in [5.74, 6) is -0.0201. The molecule has 20 heavy (non-hydrogen) atoms. The third kappa shape index (κ3) is 3.71. The van der Waals surface area contributed by atoms with E-state index < -0.39 is 0 Å². The van der Waals surface area contributed by atoms with E-state index in [0.29, 0.717) is 12.3 Å². The summed E-state index contributed by atoms with van der Waals surface area (Å²) in [5.41, 5.74) is 6.88. The topological polar surface area (TPSA) is 67.6 Å². The van der Waals surface area contributed by atoms with Gasteiger partial charge in [0.15, 0.2) is 0 Å². The molecule has 5 nitrogen and oxygen atoms in total. The van der Waals surface area contributed by atoms with E-state index in [1.54, 1.807) is 12.1 Å². The summed E-state index contributed by atoms with van der Waals surface area (Å²) in [7, 11) is 0. The Balaban J connectivity index is 1.98. The lowest BCUT2D eigenvalue weighted by Crippen LogP contribution is -2.54. The molecule has 3 N–H and O–H groups in total. The van der Waals surface area contributed by atoms with Crippen LogP contribution in [0.5, 0.6) is 0 Å². The Hall–Kier alpha value is -1.59. The second-order valence-electron chi connectivity index (χ2n) is 5.87. The highest BCUT2D eigenvalue weighted by Crippen LogP contribution is 2.19. The van der Waals surface area contributed by atoms with Crippen molar-refractivity contribution in [2.75, 3.05) is 30.7 Å². The third-order valence-corrected chi connectivity index (χ3v) is 3.54. The molecule has 5 heteroatoms. The lowest BCUT2D eigenvalue weighted by atomic mass is 10.1. The Labute approximate surface area is 120 Å². The number of nitrogens with two attached hydrogens (primary N) is 1. The highest BCUT2D eigenvalue weighted by molar-refractivity contribution is 5.94. The maximum absolute atomic E-state index is 12.3. The van der Waals surface area contributed by atoms with Gasteiger partial charge in [-0.15, -0.1) is 0 Å². The van der Waals surface area contributed by atoms with Crippen LogP contribution in [0.2, 0.25) is 0 Å². The molecule has 1 atom stereocenters. The molecule has 1 aromatic carbocycles. The monoisotopic (exact) mass is 277 g/mol. The fourth-order valence-electron chi connectivity index (χ4n) is 2.41. The number of anilines is 2. The van der Waals surface area contributed by atoms with E-state index in [4.69, 9.17) is 10.5 Å². The van der Waals surface area contributed by atoms with Crippen molar-refractivity contribution < 1.29 is 9.53 Å². The van der Waals surface area contributed by atoms with Gasteiger partial charge in [0.05, 0.1) is 18.2 Å². The zero-order valence-electron chi connectivity index (χ0n) is 12.3. The molecule has 0 spiro atoms. The lowest BCUT2D eigenvalue weighted by molar-refractivity contribution is -0.129. The minimum atomic E-state index is -0.204. The Morgan fingerprint density at radius 3 is 2.90 bits per heavy atom. The second kappa shape index (κ2) is 5.81. The number of nitrogens with zero attached hydrogens (tertiary/aromatic N) is 1. The largest absolute Gasteiger partial charge is 0.399 e. The summed E-state index contributed by atoms with van der Waals surface area (Å²) in [6.07, 6.45) is 0. The lowest BCUT2D eigenvalue weighted by Gasteiger charge is -2.40. The van der Waals surface area contributed by atoms with Crippen LogP contribution in [-0.2, 0) is 9.53 Å². The summed E-state index contributed by atoms with van der Waals surface area (Å²) < 4.78 is 5.67. The Morgan fingerprint density at radius 1 is 1.50 bits per heavy atom. The summed E-state index contributed by atoms with van der Waals surface area (Å²) in [6.45, 7) is 8.18. The van der Waals surface area contributed by atoms with E-state index in [0.717, 1.165) is 18.8 Å². The summed E-state index contributed by atoms with van der Waals surface area (Å²) in [4.78, 5) is 14.4. The van der Waals surface area contributed by atoms with Gasteiger partial charge in [-0.25, -0.2) is 0 Å². The minimum absolute atomic E-state index is 0.0201. The number of nitrogen functional groups attached to an aromatic ring is 1. The van der Waals surface area contributed by atoms with Crippen LogP contribution in [0.1, 0.15) is 20.8 Å². The van der Waals surface area contributed by atoms with Crippen LogP contribution in [0, 0.1) is 0 Å². The molecule has 1 fully saturated rings. The van der Waals surface area contributed by atoms with Crippen molar-refractivity contribution in [3.63, 3.8) is 0 Å². The van der Waals surface area contributed by atoms with Gasteiger partial charge in [0.25, 0.3) is 0 Å². The molecule has 0 radical (unpaired) electrons. The standard InChI is InChI=1S/C15H23N3O2/c1-11(18-7-8-20-15(2,3)10-18)14(19)17-13-6-4-5-12(16)9-13/h4-6,9,11H,7-8,10,16H2,1-3H3,(H,17,19). The number of carbonyl (C=O) groups is 1. The first-order valence-corrected chi connectivity index (χ1v) is 6.92. The van der Waals surface area contributed by atoms with Crippen LogP contribution in [-0.4, -0.2) is 42.1 Å². The van der Waals surface area contributed by atoms with Crippen molar-refractivity contribution in [3.8, 4) is 0 Å². The van der Waals surface area contributed by atoms with Crippen LogP contribution in [0.15, 0.2) is 24.3 Å². The molecule has 1 amide bonds. The number of ether oxygens (including phenoxy) is 1. The highest BCUT2D eigenvalue weighted by atomic mass is 16.5. The molecule has 2 rings (SSSR count). The molecule has 0 aromatic heterocycles. The van der Waals surface area contributed by atoms with Gasteiger partial charge >= 0.3 is 0 Å². The molecular weight excluding hydrogens is 254 g/mol. The number of nitrogens with one attached hydrogen (secondary N) is 1. The van der Waals surface area contributed by atoms with E-state index in [1.165, 1.54) is 0 Å². The van der Waals surface area contributed by atoms with Crippen molar-refractivity contribution >= 4 is 17.3 Å². The number of morpholine rings is 1. The molecular formula is C15H23N3O2. The third-order valence-electron chi connectivity index (χ3n) is 3.54. The second-order valence-corrected chi connectivity index (χ2v) is 5.87. The molecule has 1 heterocycles. The molecule has 1 aliphatic heterocycles. The van der Waals surface area contributed by atoms with Crippen molar-refractivity contribution in [1.82, 2.24) is 4.90 Å². The average molecular weight is 277 g/mol. The number of rotatable bonds is 3. The van der Waals surface area contributed by atoms with Crippen molar-refractivity contribution in [2.24, 2.45) is 0 Å². The Morgan fingerprint density at radius 2 is 2.25 bits per heavy atom. The average Bonchev–Trinajstić information content (AvgIpc) is 2.36. The van der Waals surface area contributed by atoms with Crippen LogP contribution in [0.25, 0.3) is 0 Å². The van der Waals surface area contributed by atoms with E-state index >= 15 is 0 Å². The fraction of sp³-hybridized carbons (Fsp3) is 0.533. The van der Waals surface area contributed by atoms with Crippen LogP contribution < -0.4 is 11.1 Å². The van der Waals surface area contributed by atoms with Gasteiger partial charge < -0.3 is 15.8 Å². The van der Waals surface area contributed by atoms with Gasteiger partial charge in [-0.1, -0.05) is 6.07 Å². The smallest absolute Gasteiger partial charge is 0.241 e. The zero-order chi connectivity index (χ0) is 14.8. The van der Waals surface area contributed by atoms with Gasteiger partial charge in [0.1, 0.15) is 0 Å². The normalized spacial score (nSPS) is 20.4. The van der Waals surface area contributed by atoms with Crippen molar-refractivity contribution in [1.29, 1.82) is 0 Å². The van der Waals surface area contributed by atoms with Gasteiger partial charge in [0, 0.05) is 24.5 Å². The molecule has 0 saturated carbocycles. The number of amides is 1. The fourth-order valence-corrected chi connectivity index (χ4v) is 2.41. The van der Waals surface area contributed by atoms with Gasteiger partial charge in [-0.3, -0.25) is 9.69 Å². The first-order chi connectivity index (χ1) is 9.37. The van der Waals surface area contributed by atoms with E-state index in [9.17, 15) is 4.79 Å². The molecule has 1 saturated heterocycles. The molecule has 1 unspecified atom stereocenters. The first-order valence-electron chi connectivity index (χ1n) is 6.92. The number of hydrogen-bond donors (Lipinski definition) is 2. The summed E-state index contributed by atoms with van der Waals surface area (Å²) in [5, 5.41) is 2.91. The molecule has 110 valence electrons. The first kappa shape index (κ1) is 14.8. The Bertz CT molecular complexity index is 488. The van der Waals surface area contributed by atoms with Crippen LogP contribution in [0.4, 0.5) is 11.4 Å². The maximum atomic E-state index is 12.3. The minimum Gasteiger partial charge on any atom is -0.399 e. The van der Waals surface area contributed by atoms with Crippen LogP contribution >= 0.6 is 0 Å². The molecule has 0 aliphatic carbocycles. The predicted octanol–water partition coefficient (Wildman–Crippen LogP) is 1.71. The number of carbonyl (C=O) groups excluding carboxylic acids is 1.